The summed E-state index contributed by atoms with van der Waals surface area (Å²) in [4.78, 5) is 12.2. The highest BCUT2D eigenvalue weighted by Gasteiger charge is 2.10. The predicted molar refractivity (Wildman–Crippen MR) is 43.1 cm³/mol. The number of carbonyl (C=O) groups is 1. The van der Waals surface area contributed by atoms with E-state index in [1.54, 1.807) is 12.1 Å². The van der Waals surface area contributed by atoms with Gasteiger partial charge in [-0.15, -0.1) is 11.6 Å². The van der Waals surface area contributed by atoms with Crippen molar-refractivity contribution < 1.29 is 4.79 Å². The quantitative estimate of drug-likeness (QED) is 0.473. The van der Waals surface area contributed by atoms with Gasteiger partial charge in [0.05, 0.1) is 12.1 Å². The first-order chi connectivity index (χ1) is 5.76. The van der Waals surface area contributed by atoms with Gasteiger partial charge in [0.15, 0.2) is 0 Å². The Kier molecular flexibility index (Phi) is 5.77. The van der Waals surface area contributed by atoms with Crippen LogP contribution in [-0.2, 0) is 4.79 Å². The van der Waals surface area contributed by atoms with Gasteiger partial charge < -0.3 is 4.90 Å². The largest absolute Gasteiger partial charge is 0.316 e. The molecule has 0 atom stereocenters. The zero-order chi connectivity index (χ0) is 9.40. The van der Waals surface area contributed by atoms with Gasteiger partial charge in [-0.05, 0) is 0 Å². The van der Waals surface area contributed by atoms with Crippen LogP contribution in [0.3, 0.4) is 0 Å². The van der Waals surface area contributed by atoms with Crippen LogP contribution in [0.5, 0.6) is 0 Å². The van der Waals surface area contributed by atoms with Gasteiger partial charge in [0.2, 0.25) is 5.91 Å². The topological polar surface area (TPSA) is 67.9 Å². The monoisotopic (exact) mass is 185 g/mol. The lowest BCUT2D eigenvalue weighted by Gasteiger charge is -2.14. The summed E-state index contributed by atoms with van der Waals surface area (Å²) in [5, 5.41) is 16.6. The van der Waals surface area contributed by atoms with Crippen LogP contribution in [0.15, 0.2) is 0 Å². The molecule has 0 radical (unpaired) electrons. The summed E-state index contributed by atoms with van der Waals surface area (Å²) in [5.74, 6) is -0.0419. The third-order valence-corrected chi connectivity index (χ3v) is 1.37. The lowest BCUT2D eigenvalue weighted by Crippen LogP contribution is -2.31. The Balaban J connectivity index is 4.03. The molecule has 0 aliphatic carbocycles. The van der Waals surface area contributed by atoms with Gasteiger partial charge in [-0.3, -0.25) is 4.79 Å². The Morgan fingerprint density at radius 1 is 1.33 bits per heavy atom. The number of nitrogens with zero attached hydrogens (tertiary/aromatic N) is 3. The van der Waals surface area contributed by atoms with E-state index in [0.717, 1.165) is 0 Å². The van der Waals surface area contributed by atoms with Crippen LogP contribution in [0.25, 0.3) is 0 Å². The Morgan fingerprint density at radius 2 is 1.83 bits per heavy atom. The summed E-state index contributed by atoms with van der Waals surface area (Å²) in [6.07, 6.45) is 0.172. The number of hydrogen-bond donors (Lipinski definition) is 0. The summed E-state index contributed by atoms with van der Waals surface area (Å²) in [6, 6.07) is 3.61. The second-order valence-electron chi connectivity index (χ2n) is 2.01. The normalized spacial score (nSPS) is 8.25. The van der Waals surface area contributed by atoms with Crippen molar-refractivity contribution in [1.29, 1.82) is 10.5 Å². The average molecular weight is 186 g/mol. The maximum Gasteiger partial charge on any atom is 0.225 e. The van der Waals surface area contributed by atoms with E-state index in [9.17, 15) is 4.79 Å². The molecular weight excluding hydrogens is 178 g/mol. The molecule has 0 bridgehead atoms. The maximum absolute atomic E-state index is 11.1. The van der Waals surface area contributed by atoms with Gasteiger partial charge in [0.1, 0.15) is 13.1 Å². The molecule has 0 aliphatic rings. The summed E-state index contributed by atoms with van der Waals surface area (Å²) in [5.41, 5.74) is 0. The summed E-state index contributed by atoms with van der Waals surface area (Å²) < 4.78 is 0. The number of halogens is 1. The highest BCUT2D eigenvalue weighted by molar-refractivity contribution is 6.18. The molecule has 5 heteroatoms. The van der Waals surface area contributed by atoms with Crippen LogP contribution >= 0.6 is 11.6 Å². The van der Waals surface area contributed by atoms with E-state index in [2.05, 4.69) is 0 Å². The lowest BCUT2D eigenvalue weighted by atomic mass is 10.4. The second kappa shape index (κ2) is 6.45. The van der Waals surface area contributed by atoms with E-state index in [-0.39, 0.29) is 31.3 Å². The van der Waals surface area contributed by atoms with E-state index in [1.807, 2.05) is 0 Å². The summed E-state index contributed by atoms with van der Waals surface area (Å²) in [7, 11) is 0. The number of alkyl halides is 1. The molecule has 0 unspecified atom stereocenters. The van der Waals surface area contributed by atoms with Gasteiger partial charge in [-0.1, -0.05) is 0 Å². The molecule has 0 heterocycles. The number of nitriles is 2. The van der Waals surface area contributed by atoms with Crippen molar-refractivity contribution in [2.45, 2.75) is 6.42 Å². The SMILES string of the molecule is N#CCN(CC#N)C(=O)CCCl. The number of carbonyl (C=O) groups excluding carboxylic acids is 1. The highest BCUT2D eigenvalue weighted by Crippen LogP contribution is 1.94. The first kappa shape index (κ1) is 10.7. The van der Waals surface area contributed by atoms with Crippen LogP contribution in [0.1, 0.15) is 6.42 Å². The van der Waals surface area contributed by atoms with Crippen LogP contribution in [-0.4, -0.2) is 29.8 Å². The zero-order valence-electron chi connectivity index (χ0n) is 6.46. The Morgan fingerprint density at radius 3 is 2.17 bits per heavy atom. The fourth-order valence-electron chi connectivity index (χ4n) is 0.642. The molecule has 4 nitrogen and oxygen atoms in total. The molecule has 64 valence electrons. The summed E-state index contributed by atoms with van der Waals surface area (Å²) >= 11 is 5.33. The number of hydrogen-bond acceptors (Lipinski definition) is 3. The van der Waals surface area contributed by atoms with Crippen molar-refractivity contribution >= 4 is 17.5 Å². The van der Waals surface area contributed by atoms with Crippen molar-refractivity contribution in [2.75, 3.05) is 19.0 Å². The Bertz CT molecular complexity index is 212. The third kappa shape index (κ3) is 3.80. The van der Waals surface area contributed by atoms with Gasteiger partial charge in [0.25, 0.3) is 0 Å². The minimum Gasteiger partial charge on any atom is -0.316 e. The summed E-state index contributed by atoms with van der Waals surface area (Å²) in [6.45, 7) is -0.105. The number of rotatable bonds is 4. The van der Waals surface area contributed by atoms with Gasteiger partial charge in [-0.2, -0.15) is 10.5 Å². The fraction of sp³-hybridized carbons (Fsp3) is 0.571. The Hall–Kier alpha value is -1.26. The minimum absolute atomic E-state index is 0.0523. The molecule has 12 heavy (non-hydrogen) atoms. The molecule has 0 aromatic heterocycles. The smallest absolute Gasteiger partial charge is 0.225 e. The fourth-order valence-corrected chi connectivity index (χ4v) is 0.804. The van der Waals surface area contributed by atoms with Gasteiger partial charge >= 0.3 is 0 Å². The second-order valence-corrected chi connectivity index (χ2v) is 2.38. The molecule has 0 saturated carbocycles. The lowest BCUT2D eigenvalue weighted by molar-refractivity contribution is -0.129. The molecule has 0 aromatic carbocycles. The predicted octanol–water partition coefficient (Wildman–Crippen LogP) is 0.491. The molecular formula is C7H8ClN3O. The molecule has 0 N–H and O–H groups in total. The zero-order valence-corrected chi connectivity index (χ0v) is 7.21. The third-order valence-electron chi connectivity index (χ3n) is 1.18. The Labute approximate surface area is 75.9 Å². The van der Waals surface area contributed by atoms with Crippen molar-refractivity contribution in [1.82, 2.24) is 4.90 Å². The first-order valence-electron chi connectivity index (χ1n) is 3.34. The van der Waals surface area contributed by atoms with Gasteiger partial charge in [0, 0.05) is 12.3 Å². The van der Waals surface area contributed by atoms with Crippen LogP contribution < -0.4 is 0 Å². The van der Waals surface area contributed by atoms with E-state index >= 15 is 0 Å². The molecule has 0 saturated heterocycles. The van der Waals surface area contributed by atoms with Crippen molar-refractivity contribution in [3.63, 3.8) is 0 Å². The minimum atomic E-state index is -0.256. The highest BCUT2D eigenvalue weighted by atomic mass is 35.5. The maximum atomic E-state index is 11.1. The van der Waals surface area contributed by atoms with Crippen LogP contribution in [0.2, 0.25) is 0 Å². The molecule has 1 amide bonds. The molecule has 0 rings (SSSR count). The van der Waals surface area contributed by atoms with E-state index in [4.69, 9.17) is 22.1 Å². The standard InChI is InChI=1S/C7H8ClN3O/c8-2-1-7(12)11(5-3-9)6-4-10/h1-2,5-6H2. The van der Waals surface area contributed by atoms with E-state index < -0.39 is 0 Å². The van der Waals surface area contributed by atoms with Crippen molar-refractivity contribution in [2.24, 2.45) is 0 Å². The van der Waals surface area contributed by atoms with E-state index in [0.29, 0.717) is 0 Å². The molecule has 0 fully saturated rings. The van der Waals surface area contributed by atoms with Crippen LogP contribution in [0, 0.1) is 22.7 Å². The first-order valence-corrected chi connectivity index (χ1v) is 3.87. The van der Waals surface area contributed by atoms with Gasteiger partial charge in [-0.25, -0.2) is 0 Å². The van der Waals surface area contributed by atoms with Crippen molar-refractivity contribution in [3.8, 4) is 12.1 Å². The average Bonchev–Trinajstić information content (AvgIpc) is 2.04. The van der Waals surface area contributed by atoms with Crippen molar-refractivity contribution in [3.05, 3.63) is 0 Å². The van der Waals surface area contributed by atoms with E-state index in [1.165, 1.54) is 4.90 Å². The van der Waals surface area contributed by atoms with Crippen LogP contribution in [0.4, 0.5) is 0 Å². The molecule has 0 spiro atoms. The molecule has 0 aromatic rings. The number of amides is 1. The molecule has 0 aliphatic heterocycles.